The Kier molecular flexibility index (Phi) is 2.50. The summed E-state index contributed by atoms with van der Waals surface area (Å²) in [5, 5.41) is 0. The minimum Gasteiger partial charge on any atom is -0.469 e. The molecule has 0 N–H and O–H groups in total. The van der Waals surface area contributed by atoms with E-state index in [-0.39, 0.29) is 30.0 Å². The van der Waals surface area contributed by atoms with E-state index in [4.69, 9.17) is 4.74 Å². The molecule has 0 aromatic carbocycles. The Balaban J connectivity index is 2.15. The molecule has 0 radical (unpaired) electrons. The first-order valence-electron chi connectivity index (χ1n) is 4.86. The molecule has 0 saturated carbocycles. The van der Waals surface area contributed by atoms with Gasteiger partial charge in [-0.1, -0.05) is 0 Å². The van der Waals surface area contributed by atoms with Crippen molar-refractivity contribution in [1.82, 2.24) is 0 Å². The molecule has 2 aliphatic heterocycles. The lowest BCUT2D eigenvalue weighted by Crippen LogP contribution is -2.32. The van der Waals surface area contributed by atoms with Crippen LogP contribution in [0, 0.1) is 5.41 Å². The van der Waals surface area contributed by atoms with Crippen LogP contribution in [0.25, 0.3) is 0 Å². The van der Waals surface area contributed by atoms with Gasteiger partial charge in [0.25, 0.3) is 0 Å². The Hall–Kier alpha value is -0.620. The van der Waals surface area contributed by atoms with Gasteiger partial charge in [0, 0.05) is 5.41 Å². The van der Waals surface area contributed by atoms with Crippen LogP contribution in [-0.2, 0) is 24.1 Å². The third-order valence-corrected chi connectivity index (χ3v) is 5.00. The lowest BCUT2D eigenvalue weighted by Gasteiger charge is -2.23. The number of carbonyl (C=O) groups excluding carboxylic acids is 1. The first kappa shape index (κ1) is 10.9. The fourth-order valence-electron chi connectivity index (χ4n) is 2.21. The summed E-state index contributed by atoms with van der Waals surface area (Å²) in [5.74, 6) is -0.147. The summed E-state index contributed by atoms with van der Waals surface area (Å²) >= 11 is 0. The first-order chi connectivity index (χ1) is 6.97. The highest BCUT2D eigenvalue weighted by atomic mass is 32.2. The third kappa shape index (κ3) is 2.15. The standard InChI is InChI=1S/C9H14O5S/c1-13-8(10)4-9(7-5-14-7)2-3-15(11,12)6-9/h7H,2-6H2,1H3. The molecule has 2 unspecified atom stereocenters. The van der Waals surface area contributed by atoms with Gasteiger partial charge in [0.2, 0.25) is 0 Å². The molecule has 0 aliphatic carbocycles. The van der Waals surface area contributed by atoms with Gasteiger partial charge in [0.1, 0.15) is 0 Å². The first-order valence-corrected chi connectivity index (χ1v) is 6.68. The number of methoxy groups -OCH3 is 1. The number of sulfone groups is 1. The van der Waals surface area contributed by atoms with Crippen molar-refractivity contribution in [2.75, 3.05) is 25.2 Å². The maximum absolute atomic E-state index is 11.4. The predicted molar refractivity (Wildman–Crippen MR) is 52.1 cm³/mol. The lowest BCUT2D eigenvalue weighted by atomic mass is 9.81. The molecule has 0 aromatic rings. The SMILES string of the molecule is COC(=O)CC1(C2CO2)CCS(=O)(=O)C1. The molecule has 0 aromatic heterocycles. The number of carbonyl (C=O) groups is 1. The minimum absolute atomic E-state index is 0.0553. The van der Waals surface area contributed by atoms with Gasteiger partial charge in [-0.25, -0.2) is 8.42 Å². The van der Waals surface area contributed by atoms with Crippen molar-refractivity contribution in [3.8, 4) is 0 Å². The summed E-state index contributed by atoms with van der Waals surface area (Å²) in [6, 6.07) is 0. The molecule has 6 heteroatoms. The van der Waals surface area contributed by atoms with Crippen molar-refractivity contribution in [2.45, 2.75) is 18.9 Å². The van der Waals surface area contributed by atoms with E-state index in [1.807, 2.05) is 0 Å². The van der Waals surface area contributed by atoms with Gasteiger partial charge in [-0.2, -0.15) is 0 Å². The average Bonchev–Trinajstić information content (AvgIpc) is 2.94. The van der Waals surface area contributed by atoms with Crippen molar-refractivity contribution >= 4 is 15.8 Å². The summed E-state index contributed by atoms with van der Waals surface area (Å²) < 4.78 is 32.6. The van der Waals surface area contributed by atoms with Crippen molar-refractivity contribution in [3.05, 3.63) is 0 Å². The van der Waals surface area contributed by atoms with Crippen LogP contribution in [0.4, 0.5) is 0 Å². The number of epoxide rings is 1. The smallest absolute Gasteiger partial charge is 0.306 e. The van der Waals surface area contributed by atoms with Gasteiger partial charge in [0.05, 0.1) is 37.7 Å². The summed E-state index contributed by atoms with van der Waals surface area (Å²) in [6.07, 6.45) is 0.580. The van der Waals surface area contributed by atoms with Gasteiger partial charge in [-0.05, 0) is 6.42 Å². The number of esters is 1. The van der Waals surface area contributed by atoms with Crippen LogP contribution in [0.1, 0.15) is 12.8 Å². The maximum Gasteiger partial charge on any atom is 0.306 e. The molecule has 2 rings (SSSR count). The quantitative estimate of drug-likeness (QED) is 0.497. The molecule has 2 saturated heterocycles. The van der Waals surface area contributed by atoms with Crippen molar-refractivity contribution in [1.29, 1.82) is 0 Å². The minimum atomic E-state index is -3.00. The Bertz CT molecular complexity index is 370. The normalized spacial score (nSPS) is 37.5. The molecule has 15 heavy (non-hydrogen) atoms. The zero-order chi connectivity index (χ0) is 11.1. The molecule has 0 spiro atoms. The van der Waals surface area contributed by atoms with Gasteiger partial charge in [0.15, 0.2) is 9.84 Å². The van der Waals surface area contributed by atoms with Gasteiger partial charge >= 0.3 is 5.97 Å². The van der Waals surface area contributed by atoms with E-state index in [9.17, 15) is 13.2 Å². The number of hydrogen-bond acceptors (Lipinski definition) is 5. The van der Waals surface area contributed by atoms with E-state index in [0.717, 1.165) is 0 Å². The van der Waals surface area contributed by atoms with Crippen LogP contribution in [0.2, 0.25) is 0 Å². The van der Waals surface area contributed by atoms with Crippen LogP contribution in [-0.4, -0.2) is 45.7 Å². The summed E-state index contributed by atoms with van der Waals surface area (Å²) in [7, 11) is -1.69. The zero-order valence-corrected chi connectivity index (χ0v) is 9.38. The monoisotopic (exact) mass is 234 g/mol. The topological polar surface area (TPSA) is 73.0 Å². The van der Waals surface area contributed by atoms with E-state index in [2.05, 4.69) is 4.74 Å². The Labute approximate surface area is 88.7 Å². The molecule has 5 nitrogen and oxygen atoms in total. The van der Waals surface area contributed by atoms with Crippen molar-refractivity contribution < 1.29 is 22.7 Å². The van der Waals surface area contributed by atoms with Crippen LogP contribution < -0.4 is 0 Å². The average molecular weight is 234 g/mol. The van der Waals surface area contributed by atoms with Crippen molar-refractivity contribution in [3.63, 3.8) is 0 Å². The summed E-state index contributed by atoms with van der Waals surface area (Å²) in [4.78, 5) is 11.2. The van der Waals surface area contributed by atoms with E-state index < -0.39 is 15.3 Å². The molecule has 2 heterocycles. The van der Waals surface area contributed by atoms with Crippen LogP contribution in [0.5, 0.6) is 0 Å². The van der Waals surface area contributed by atoms with Gasteiger partial charge in [-0.3, -0.25) is 4.79 Å². The van der Waals surface area contributed by atoms with E-state index in [1.165, 1.54) is 7.11 Å². The highest BCUT2D eigenvalue weighted by Crippen LogP contribution is 2.45. The Morgan fingerprint density at radius 1 is 1.60 bits per heavy atom. The third-order valence-electron chi connectivity index (χ3n) is 3.16. The molecular weight excluding hydrogens is 220 g/mol. The fourth-order valence-corrected chi connectivity index (χ4v) is 4.38. The Morgan fingerprint density at radius 2 is 2.27 bits per heavy atom. The fraction of sp³-hybridized carbons (Fsp3) is 0.889. The molecule has 2 fully saturated rings. The molecular formula is C9H14O5S. The maximum atomic E-state index is 11.4. The Morgan fingerprint density at radius 3 is 2.67 bits per heavy atom. The lowest BCUT2D eigenvalue weighted by molar-refractivity contribution is -0.143. The van der Waals surface area contributed by atoms with Crippen LogP contribution >= 0.6 is 0 Å². The number of rotatable bonds is 3. The number of hydrogen-bond donors (Lipinski definition) is 0. The molecule has 0 amide bonds. The highest BCUT2D eigenvalue weighted by Gasteiger charge is 2.54. The molecule has 2 atom stereocenters. The largest absolute Gasteiger partial charge is 0.469 e. The second kappa shape index (κ2) is 3.45. The molecule has 0 bridgehead atoms. The van der Waals surface area contributed by atoms with Crippen LogP contribution in [0.15, 0.2) is 0 Å². The second-order valence-corrected chi connectivity index (χ2v) is 6.46. The highest BCUT2D eigenvalue weighted by molar-refractivity contribution is 7.91. The number of ether oxygens (including phenoxy) is 2. The van der Waals surface area contributed by atoms with E-state index >= 15 is 0 Å². The predicted octanol–water partition coefficient (Wildman–Crippen LogP) is -0.247. The van der Waals surface area contributed by atoms with Crippen molar-refractivity contribution in [2.24, 2.45) is 5.41 Å². The van der Waals surface area contributed by atoms with Gasteiger partial charge in [-0.15, -0.1) is 0 Å². The van der Waals surface area contributed by atoms with E-state index in [1.54, 1.807) is 0 Å². The molecule has 86 valence electrons. The second-order valence-electron chi connectivity index (χ2n) is 4.28. The summed E-state index contributed by atoms with van der Waals surface area (Å²) in [6.45, 7) is 0.562. The summed E-state index contributed by atoms with van der Waals surface area (Å²) in [5.41, 5.74) is -0.522. The van der Waals surface area contributed by atoms with E-state index in [0.29, 0.717) is 13.0 Å². The van der Waals surface area contributed by atoms with Gasteiger partial charge < -0.3 is 9.47 Å². The zero-order valence-electron chi connectivity index (χ0n) is 8.56. The molecule has 2 aliphatic rings. The van der Waals surface area contributed by atoms with Crippen LogP contribution in [0.3, 0.4) is 0 Å².